The lowest BCUT2D eigenvalue weighted by molar-refractivity contribution is -0.138. The van der Waals surface area contributed by atoms with Crippen LogP contribution < -0.4 is 10.6 Å². The van der Waals surface area contributed by atoms with Gasteiger partial charge in [0.1, 0.15) is 10.7 Å². The van der Waals surface area contributed by atoms with Gasteiger partial charge in [-0.25, -0.2) is 0 Å². The normalized spacial score (nSPS) is 13.9. The van der Waals surface area contributed by atoms with E-state index in [1.807, 2.05) is 6.07 Å². The van der Waals surface area contributed by atoms with Crippen molar-refractivity contribution in [2.75, 3.05) is 12.4 Å². The summed E-state index contributed by atoms with van der Waals surface area (Å²) in [6.07, 6.45) is 0. The predicted octanol–water partition coefficient (Wildman–Crippen LogP) is 2.18. The summed E-state index contributed by atoms with van der Waals surface area (Å²) in [5.41, 5.74) is 0.737. The van der Waals surface area contributed by atoms with Crippen LogP contribution in [0, 0.1) is 0 Å². The Bertz CT molecular complexity index is 957. The minimum Gasteiger partial charge on any atom is -0.505 e. The molecule has 7 nitrogen and oxygen atoms in total. The van der Waals surface area contributed by atoms with E-state index in [0.717, 1.165) is 10.5 Å². The Hall–Kier alpha value is -3.32. The maximum Gasteiger partial charge on any atom is 0.279 e. The fourth-order valence-corrected chi connectivity index (χ4v) is 2.89. The minimum atomic E-state index is -0.630. The van der Waals surface area contributed by atoms with Gasteiger partial charge in [-0.05, 0) is 17.7 Å². The van der Waals surface area contributed by atoms with Gasteiger partial charge in [0, 0.05) is 7.05 Å². The van der Waals surface area contributed by atoms with Crippen LogP contribution in [-0.4, -0.2) is 34.8 Å². The van der Waals surface area contributed by atoms with Gasteiger partial charge >= 0.3 is 0 Å². The maximum atomic E-state index is 12.7. The number of halogens is 1. The lowest BCUT2D eigenvalue weighted by Crippen LogP contribution is -2.31. The zero-order valence-corrected chi connectivity index (χ0v) is 15.1. The highest BCUT2D eigenvalue weighted by molar-refractivity contribution is 6.48. The second-order valence-electron chi connectivity index (χ2n) is 5.78. The minimum absolute atomic E-state index is 0.0251. The van der Waals surface area contributed by atoms with Gasteiger partial charge in [-0.3, -0.25) is 19.3 Å². The molecule has 0 spiro atoms. The Balaban J connectivity index is 1.86. The summed E-state index contributed by atoms with van der Waals surface area (Å²) in [6.45, 7) is 0.0736. The Morgan fingerprint density at radius 3 is 2.44 bits per heavy atom. The summed E-state index contributed by atoms with van der Waals surface area (Å²) in [5, 5.41) is 15.1. The lowest BCUT2D eigenvalue weighted by atomic mass is 10.1. The number of phenols is 1. The van der Waals surface area contributed by atoms with Crippen LogP contribution in [-0.2, 0) is 16.1 Å². The smallest absolute Gasteiger partial charge is 0.279 e. The summed E-state index contributed by atoms with van der Waals surface area (Å²) in [4.78, 5) is 37.8. The summed E-state index contributed by atoms with van der Waals surface area (Å²) in [5.74, 6) is -2.08. The molecule has 1 aliphatic rings. The van der Waals surface area contributed by atoms with Crippen molar-refractivity contribution in [3.05, 3.63) is 70.4 Å². The molecule has 0 fully saturated rings. The molecule has 2 aromatic carbocycles. The van der Waals surface area contributed by atoms with Crippen LogP contribution in [0.4, 0.5) is 5.69 Å². The van der Waals surface area contributed by atoms with Gasteiger partial charge in [0.2, 0.25) is 0 Å². The molecule has 0 saturated heterocycles. The zero-order chi connectivity index (χ0) is 19.6. The van der Waals surface area contributed by atoms with E-state index >= 15 is 0 Å². The van der Waals surface area contributed by atoms with Gasteiger partial charge in [0.05, 0.1) is 17.8 Å². The van der Waals surface area contributed by atoms with Crippen LogP contribution in [0.1, 0.15) is 15.9 Å². The first-order chi connectivity index (χ1) is 12.9. The Morgan fingerprint density at radius 1 is 1.07 bits per heavy atom. The van der Waals surface area contributed by atoms with Crippen molar-refractivity contribution in [2.24, 2.45) is 0 Å². The van der Waals surface area contributed by atoms with Crippen LogP contribution in [0.25, 0.3) is 0 Å². The fraction of sp³-hybridized carbons (Fsp3) is 0.105. The molecule has 0 bridgehead atoms. The molecule has 0 unspecified atom stereocenters. The number of amides is 3. The number of phenolic OH excluding ortho intramolecular Hbond substituents is 1. The van der Waals surface area contributed by atoms with E-state index in [-0.39, 0.29) is 34.3 Å². The van der Waals surface area contributed by atoms with Crippen molar-refractivity contribution in [2.45, 2.75) is 6.54 Å². The number of nitrogens with one attached hydrogen (secondary N) is 2. The predicted molar refractivity (Wildman–Crippen MR) is 100.0 cm³/mol. The molecule has 3 amide bonds. The second-order valence-corrected chi connectivity index (χ2v) is 6.15. The Labute approximate surface area is 160 Å². The highest BCUT2D eigenvalue weighted by atomic mass is 35.5. The monoisotopic (exact) mass is 385 g/mol. The van der Waals surface area contributed by atoms with Gasteiger partial charge < -0.3 is 15.7 Å². The first kappa shape index (κ1) is 18.5. The third-order valence-corrected chi connectivity index (χ3v) is 4.41. The van der Waals surface area contributed by atoms with Crippen LogP contribution in [0.5, 0.6) is 5.75 Å². The summed E-state index contributed by atoms with van der Waals surface area (Å²) >= 11 is 6.06. The molecule has 0 aliphatic carbocycles. The number of hydrogen-bond donors (Lipinski definition) is 3. The number of carbonyl (C=O) groups excluding carboxylic acids is 3. The summed E-state index contributed by atoms with van der Waals surface area (Å²) in [6, 6.07) is 13.4. The van der Waals surface area contributed by atoms with E-state index in [0.29, 0.717) is 0 Å². The maximum absolute atomic E-state index is 12.7. The Kier molecular flexibility index (Phi) is 5.14. The molecule has 3 N–H and O–H groups in total. The largest absolute Gasteiger partial charge is 0.505 e. The molecular formula is C19H16ClN3O4. The van der Waals surface area contributed by atoms with Crippen LogP contribution >= 0.6 is 11.6 Å². The average molecular weight is 386 g/mol. The molecular weight excluding hydrogens is 370 g/mol. The van der Waals surface area contributed by atoms with Gasteiger partial charge in [-0.1, -0.05) is 48.0 Å². The first-order valence-corrected chi connectivity index (χ1v) is 8.42. The second kappa shape index (κ2) is 7.51. The molecule has 2 aromatic rings. The van der Waals surface area contributed by atoms with Gasteiger partial charge in [-0.15, -0.1) is 0 Å². The third kappa shape index (κ3) is 3.50. The summed E-state index contributed by atoms with van der Waals surface area (Å²) in [7, 11) is 1.43. The van der Waals surface area contributed by atoms with E-state index in [4.69, 9.17) is 11.6 Å². The highest BCUT2D eigenvalue weighted by Crippen LogP contribution is 2.32. The quantitative estimate of drug-likeness (QED) is 0.541. The first-order valence-electron chi connectivity index (χ1n) is 8.05. The van der Waals surface area contributed by atoms with Crippen molar-refractivity contribution in [1.82, 2.24) is 10.2 Å². The van der Waals surface area contributed by atoms with Crippen LogP contribution in [0.2, 0.25) is 0 Å². The van der Waals surface area contributed by atoms with E-state index in [1.165, 1.54) is 25.2 Å². The van der Waals surface area contributed by atoms with Crippen molar-refractivity contribution < 1.29 is 19.5 Å². The number of aromatic hydroxyl groups is 1. The number of nitrogens with zero attached hydrogens (tertiary/aromatic N) is 1. The zero-order valence-electron chi connectivity index (χ0n) is 14.3. The number of imide groups is 1. The van der Waals surface area contributed by atoms with E-state index in [1.54, 1.807) is 24.3 Å². The molecule has 1 aliphatic heterocycles. The lowest BCUT2D eigenvalue weighted by Gasteiger charge is -2.15. The number of para-hydroxylation sites is 1. The molecule has 138 valence electrons. The topological polar surface area (TPSA) is 98.7 Å². The number of anilines is 1. The van der Waals surface area contributed by atoms with Crippen LogP contribution in [0.15, 0.2) is 59.3 Å². The number of hydrogen-bond acceptors (Lipinski definition) is 5. The van der Waals surface area contributed by atoms with Gasteiger partial charge in [0.15, 0.2) is 5.75 Å². The number of rotatable bonds is 5. The molecule has 1 heterocycles. The van der Waals surface area contributed by atoms with Crippen molar-refractivity contribution in [3.8, 4) is 5.75 Å². The molecule has 0 atom stereocenters. The molecule has 8 heteroatoms. The van der Waals surface area contributed by atoms with E-state index in [2.05, 4.69) is 10.6 Å². The Morgan fingerprint density at radius 2 is 1.78 bits per heavy atom. The van der Waals surface area contributed by atoms with E-state index < -0.39 is 17.7 Å². The third-order valence-electron chi connectivity index (χ3n) is 4.06. The fourth-order valence-electron chi connectivity index (χ4n) is 2.66. The van der Waals surface area contributed by atoms with Crippen LogP contribution in [0.3, 0.4) is 0 Å². The van der Waals surface area contributed by atoms with Crippen molar-refractivity contribution >= 4 is 35.0 Å². The molecule has 0 aromatic heterocycles. The average Bonchev–Trinajstić information content (AvgIpc) is 2.88. The molecule has 3 rings (SSSR count). The summed E-state index contributed by atoms with van der Waals surface area (Å²) < 4.78 is 0. The number of carbonyl (C=O) groups is 3. The SMILES string of the molecule is CNC(=O)c1cccc(NC2=C(Cl)C(=O)N(Cc3ccccc3)C2=O)c1O. The standard InChI is InChI=1S/C19H16ClN3O4/c1-21-17(25)12-8-5-9-13(16(12)24)22-15-14(20)18(26)23(19(15)27)10-11-6-3-2-4-7-11/h2-9,22,24H,10H2,1H3,(H,21,25). The van der Waals surface area contributed by atoms with E-state index in [9.17, 15) is 19.5 Å². The molecule has 0 radical (unpaired) electrons. The van der Waals surface area contributed by atoms with Gasteiger partial charge in [0.25, 0.3) is 17.7 Å². The molecule has 27 heavy (non-hydrogen) atoms. The molecule has 0 saturated carbocycles. The van der Waals surface area contributed by atoms with Gasteiger partial charge in [-0.2, -0.15) is 0 Å². The van der Waals surface area contributed by atoms with Crippen molar-refractivity contribution in [3.63, 3.8) is 0 Å². The number of benzene rings is 2. The van der Waals surface area contributed by atoms with Crippen molar-refractivity contribution in [1.29, 1.82) is 0 Å². The highest BCUT2D eigenvalue weighted by Gasteiger charge is 2.38.